The topological polar surface area (TPSA) is 29.9 Å². The molecule has 0 spiro atoms. The number of rotatable bonds is 7. The van der Waals surface area contributed by atoms with E-state index in [1.54, 1.807) is 0 Å². The van der Waals surface area contributed by atoms with E-state index in [4.69, 9.17) is 0 Å². The van der Waals surface area contributed by atoms with Crippen LogP contribution in [0.3, 0.4) is 0 Å². The van der Waals surface area contributed by atoms with E-state index in [-0.39, 0.29) is 11.5 Å². The third-order valence-corrected chi connectivity index (χ3v) is 4.63. The molecule has 0 radical (unpaired) electrons. The second kappa shape index (κ2) is 6.90. The monoisotopic (exact) mass is 285 g/mol. The van der Waals surface area contributed by atoms with Crippen molar-refractivity contribution in [3.8, 4) is 0 Å². The van der Waals surface area contributed by atoms with E-state index in [1.807, 2.05) is 17.9 Å². The Morgan fingerprint density at radius 3 is 2.29 bits per heavy atom. The number of aryl methyl sites for hydroxylation is 1. The quantitative estimate of drug-likeness (QED) is 0.838. The van der Waals surface area contributed by atoms with Gasteiger partial charge < -0.3 is 5.32 Å². The highest BCUT2D eigenvalue weighted by Crippen LogP contribution is 2.42. The lowest BCUT2D eigenvalue weighted by molar-refractivity contribution is 0.277. The highest BCUT2D eigenvalue weighted by Gasteiger charge is 2.38. The lowest BCUT2D eigenvalue weighted by Gasteiger charge is -2.40. The highest BCUT2D eigenvalue weighted by molar-refractivity contribution is 5.32. The molecule has 1 aromatic carbocycles. The fraction of sp³-hybridized carbons (Fsp3) is 0.500. The average molecular weight is 285 g/mol. The SMILES string of the molecule is CCNC(c1cnn(C)c1)C(CC)(CC)c1ccccc1. The first-order chi connectivity index (χ1) is 10.2. The Bertz CT molecular complexity index is 541. The molecule has 0 aliphatic rings. The van der Waals surface area contributed by atoms with Crippen LogP contribution in [0.15, 0.2) is 42.7 Å². The minimum atomic E-state index is 0.0975. The van der Waals surface area contributed by atoms with Gasteiger partial charge in [-0.2, -0.15) is 5.10 Å². The number of nitrogens with zero attached hydrogens (tertiary/aromatic N) is 2. The predicted octanol–water partition coefficient (Wildman–Crippen LogP) is 3.83. The average Bonchev–Trinajstić information content (AvgIpc) is 2.95. The van der Waals surface area contributed by atoms with E-state index in [2.05, 4.69) is 67.7 Å². The van der Waals surface area contributed by atoms with Gasteiger partial charge in [-0.05, 0) is 24.9 Å². The Hall–Kier alpha value is -1.61. The standard InChI is InChI=1S/C18H27N3/c1-5-18(6-2,16-11-9-8-10-12-16)17(19-7-3)15-13-20-21(4)14-15/h8-14,17,19H,5-7H2,1-4H3. The van der Waals surface area contributed by atoms with Crippen LogP contribution < -0.4 is 5.32 Å². The van der Waals surface area contributed by atoms with Crippen molar-refractivity contribution in [2.24, 2.45) is 7.05 Å². The molecular weight excluding hydrogens is 258 g/mol. The molecule has 0 saturated carbocycles. The first kappa shape index (κ1) is 15.8. The normalized spacial score (nSPS) is 13.3. The van der Waals surface area contributed by atoms with E-state index in [0.29, 0.717) is 0 Å². The van der Waals surface area contributed by atoms with Gasteiger partial charge in [0.1, 0.15) is 0 Å². The molecule has 0 amide bonds. The van der Waals surface area contributed by atoms with E-state index >= 15 is 0 Å². The molecule has 3 heteroatoms. The number of aromatic nitrogens is 2. The van der Waals surface area contributed by atoms with Crippen molar-refractivity contribution in [2.45, 2.75) is 45.1 Å². The number of hydrogen-bond donors (Lipinski definition) is 1. The van der Waals surface area contributed by atoms with Gasteiger partial charge in [0.25, 0.3) is 0 Å². The smallest absolute Gasteiger partial charge is 0.0537 e. The van der Waals surface area contributed by atoms with Crippen molar-refractivity contribution < 1.29 is 0 Å². The molecule has 1 unspecified atom stereocenters. The summed E-state index contributed by atoms with van der Waals surface area (Å²) in [6.45, 7) is 7.70. The summed E-state index contributed by atoms with van der Waals surface area (Å²) >= 11 is 0. The van der Waals surface area contributed by atoms with E-state index in [9.17, 15) is 0 Å². The third kappa shape index (κ3) is 3.03. The van der Waals surface area contributed by atoms with Crippen molar-refractivity contribution in [1.82, 2.24) is 15.1 Å². The summed E-state index contributed by atoms with van der Waals surface area (Å²) in [7, 11) is 1.98. The van der Waals surface area contributed by atoms with E-state index in [0.717, 1.165) is 19.4 Å². The second-order valence-electron chi connectivity index (χ2n) is 5.67. The van der Waals surface area contributed by atoms with Gasteiger partial charge in [-0.1, -0.05) is 51.1 Å². The molecule has 0 bridgehead atoms. The number of benzene rings is 1. The Balaban J connectivity index is 2.51. The summed E-state index contributed by atoms with van der Waals surface area (Å²) in [6.07, 6.45) is 6.33. The van der Waals surface area contributed by atoms with Crippen molar-refractivity contribution in [1.29, 1.82) is 0 Å². The van der Waals surface area contributed by atoms with Gasteiger partial charge in [-0.25, -0.2) is 0 Å². The van der Waals surface area contributed by atoms with Crippen molar-refractivity contribution in [2.75, 3.05) is 6.54 Å². The van der Waals surface area contributed by atoms with Gasteiger partial charge in [-0.3, -0.25) is 4.68 Å². The van der Waals surface area contributed by atoms with Crippen LogP contribution in [-0.2, 0) is 12.5 Å². The van der Waals surface area contributed by atoms with Gasteiger partial charge in [-0.15, -0.1) is 0 Å². The zero-order valence-electron chi connectivity index (χ0n) is 13.6. The molecule has 114 valence electrons. The minimum Gasteiger partial charge on any atom is -0.309 e. The maximum Gasteiger partial charge on any atom is 0.0537 e. The van der Waals surface area contributed by atoms with Crippen LogP contribution in [0.25, 0.3) is 0 Å². The molecule has 1 aromatic heterocycles. The molecule has 1 heterocycles. The Morgan fingerprint density at radius 1 is 1.14 bits per heavy atom. The summed E-state index contributed by atoms with van der Waals surface area (Å²) in [5.74, 6) is 0. The summed E-state index contributed by atoms with van der Waals surface area (Å²) in [6, 6.07) is 11.2. The largest absolute Gasteiger partial charge is 0.309 e. The van der Waals surface area contributed by atoms with Crippen LogP contribution in [0.1, 0.15) is 50.8 Å². The number of hydrogen-bond acceptors (Lipinski definition) is 2. The molecule has 0 aliphatic carbocycles. The van der Waals surface area contributed by atoms with Gasteiger partial charge in [0.05, 0.1) is 6.20 Å². The van der Waals surface area contributed by atoms with E-state index in [1.165, 1.54) is 11.1 Å². The molecular formula is C18H27N3. The van der Waals surface area contributed by atoms with Crippen LogP contribution in [0.2, 0.25) is 0 Å². The number of likely N-dealkylation sites (N-methyl/N-ethyl adjacent to an activating group) is 1. The van der Waals surface area contributed by atoms with Crippen LogP contribution in [0.4, 0.5) is 0 Å². The lowest BCUT2D eigenvalue weighted by Crippen LogP contribution is -2.41. The first-order valence-corrected chi connectivity index (χ1v) is 7.95. The molecule has 2 rings (SSSR count). The summed E-state index contributed by atoms with van der Waals surface area (Å²) in [5, 5.41) is 8.07. The molecule has 0 saturated heterocycles. The van der Waals surface area contributed by atoms with Gasteiger partial charge >= 0.3 is 0 Å². The Labute approximate surface area is 128 Å². The van der Waals surface area contributed by atoms with Crippen LogP contribution >= 0.6 is 0 Å². The number of nitrogens with one attached hydrogen (secondary N) is 1. The molecule has 1 atom stereocenters. The highest BCUT2D eigenvalue weighted by atomic mass is 15.2. The van der Waals surface area contributed by atoms with Gasteiger partial charge in [0, 0.05) is 30.3 Å². The van der Waals surface area contributed by atoms with Crippen LogP contribution in [0, 0.1) is 0 Å². The van der Waals surface area contributed by atoms with E-state index < -0.39 is 0 Å². The maximum atomic E-state index is 4.37. The van der Waals surface area contributed by atoms with Gasteiger partial charge in [0.15, 0.2) is 0 Å². The van der Waals surface area contributed by atoms with Crippen molar-refractivity contribution in [3.05, 3.63) is 53.9 Å². The predicted molar refractivity (Wildman–Crippen MR) is 88.3 cm³/mol. The molecule has 21 heavy (non-hydrogen) atoms. The molecule has 2 aromatic rings. The van der Waals surface area contributed by atoms with Gasteiger partial charge in [0.2, 0.25) is 0 Å². The maximum absolute atomic E-state index is 4.37. The molecule has 0 aliphatic heterocycles. The zero-order chi connectivity index (χ0) is 15.3. The minimum absolute atomic E-state index is 0.0975. The van der Waals surface area contributed by atoms with Crippen molar-refractivity contribution >= 4 is 0 Å². The summed E-state index contributed by atoms with van der Waals surface area (Å²) in [4.78, 5) is 0. The zero-order valence-corrected chi connectivity index (χ0v) is 13.6. The summed E-state index contributed by atoms with van der Waals surface area (Å²) in [5.41, 5.74) is 2.78. The van der Waals surface area contributed by atoms with Crippen LogP contribution in [0.5, 0.6) is 0 Å². The fourth-order valence-corrected chi connectivity index (χ4v) is 3.43. The molecule has 3 nitrogen and oxygen atoms in total. The van der Waals surface area contributed by atoms with Crippen LogP contribution in [-0.4, -0.2) is 16.3 Å². The Morgan fingerprint density at radius 2 is 1.81 bits per heavy atom. The fourth-order valence-electron chi connectivity index (χ4n) is 3.43. The lowest BCUT2D eigenvalue weighted by atomic mass is 9.68. The van der Waals surface area contributed by atoms with Crippen molar-refractivity contribution in [3.63, 3.8) is 0 Å². The first-order valence-electron chi connectivity index (χ1n) is 7.95. The molecule has 0 fully saturated rings. The summed E-state index contributed by atoms with van der Waals surface area (Å²) < 4.78 is 1.89. The molecule has 1 N–H and O–H groups in total. The second-order valence-corrected chi connectivity index (χ2v) is 5.67. The third-order valence-electron chi connectivity index (χ3n) is 4.63. The Kier molecular flexibility index (Phi) is 5.18.